The van der Waals surface area contributed by atoms with Gasteiger partial charge < -0.3 is 14.2 Å². The molecule has 2 rings (SSSR count). The van der Waals surface area contributed by atoms with Gasteiger partial charge >= 0.3 is 0 Å². The van der Waals surface area contributed by atoms with Gasteiger partial charge in [0.05, 0.1) is 21.3 Å². The van der Waals surface area contributed by atoms with Crippen molar-refractivity contribution in [3.05, 3.63) is 17.7 Å². The molecule has 0 aliphatic carbocycles. The van der Waals surface area contributed by atoms with Gasteiger partial charge in [-0.1, -0.05) is 6.92 Å². The van der Waals surface area contributed by atoms with Gasteiger partial charge in [-0.15, -0.1) is 0 Å². The molecule has 1 aliphatic rings. The highest BCUT2D eigenvalue weighted by Gasteiger charge is 2.21. The van der Waals surface area contributed by atoms with Gasteiger partial charge in [0.2, 0.25) is 5.75 Å². The van der Waals surface area contributed by atoms with Crippen molar-refractivity contribution in [1.29, 1.82) is 0 Å². The van der Waals surface area contributed by atoms with E-state index < -0.39 is 0 Å². The second kappa shape index (κ2) is 8.41. The van der Waals surface area contributed by atoms with Gasteiger partial charge in [-0.2, -0.15) is 0 Å². The van der Waals surface area contributed by atoms with E-state index in [4.69, 9.17) is 14.2 Å². The molecule has 23 heavy (non-hydrogen) atoms. The highest BCUT2D eigenvalue weighted by molar-refractivity contribution is 5.53. The van der Waals surface area contributed by atoms with E-state index >= 15 is 0 Å². The summed E-state index contributed by atoms with van der Waals surface area (Å²) in [7, 11) is 4.95. The average molecular weight is 322 g/mol. The third-order valence-corrected chi connectivity index (χ3v) is 4.75. The molecule has 5 heteroatoms. The molecule has 0 spiro atoms. The fraction of sp³-hybridized carbons (Fsp3) is 0.667. The normalized spacial score (nSPS) is 17.8. The van der Waals surface area contributed by atoms with E-state index in [0.29, 0.717) is 11.8 Å². The molecule has 0 bridgehead atoms. The van der Waals surface area contributed by atoms with E-state index in [1.165, 1.54) is 12.0 Å². The number of hydrogen-bond donors (Lipinski definition) is 0. The minimum absolute atomic E-state index is 0.653. The van der Waals surface area contributed by atoms with Gasteiger partial charge in [-0.05, 0) is 31.0 Å². The largest absolute Gasteiger partial charge is 0.493 e. The van der Waals surface area contributed by atoms with E-state index in [0.717, 1.165) is 44.2 Å². The molecule has 0 saturated carbocycles. The van der Waals surface area contributed by atoms with Crippen LogP contribution in [0.4, 0.5) is 0 Å². The predicted molar refractivity (Wildman–Crippen MR) is 92.7 cm³/mol. The fourth-order valence-corrected chi connectivity index (χ4v) is 3.11. The predicted octanol–water partition coefficient (Wildman–Crippen LogP) is 2.63. The van der Waals surface area contributed by atoms with E-state index in [2.05, 4.69) is 23.6 Å². The maximum Gasteiger partial charge on any atom is 0.203 e. The molecule has 5 nitrogen and oxygen atoms in total. The van der Waals surface area contributed by atoms with Crippen molar-refractivity contribution in [3.63, 3.8) is 0 Å². The Balaban J connectivity index is 2.04. The Morgan fingerprint density at radius 1 is 0.957 bits per heavy atom. The summed E-state index contributed by atoms with van der Waals surface area (Å²) < 4.78 is 16.3. The quantitative estimate of drug-likeness (QED) is 0.771. The van der Waals surface area contributed by atoms with Crippen LogP contribution in [0.25, 0.3) is 0 Å². The molecule has 0 N–H and O–H groups in total. The van der Waals surface area contributed by atoms with Crippen LogP contribution in [0.2, 0.25) is 0 Å². The molecule has 1 fully saturated rings. The van der Waals surface area contributed by atoms with E-state index in [1.807, 2.05) is 12.1 Å². The van der Waals surface area contributed by atoms with Crippen LogP contribution in [-0.4, -0.2) is 63.4 Å². The van der Waals surface area contributed by atoms with Gasteiger partial charge in [0, 0.05) is 38.8 Å². The first-order valence-electron chi connectivity index (χ1n) is 8.38. The highest BCUT2D eigenvalue weighted by atomic mass is 16.5. The number of piperazine rings is 1. The highest BCUT2D eigenvalue weighted by Crippen LogP contribution is 2.38. The lowest BCUT2D eigenvalue weighted by molar-refractivity contribution is 0.0962. The van der Waals surface area contributed by atoms with Crippen molar-refractivity contribution in [2.45, 2.75) is 32.9 Å². The molecule has 1 heterocycles. The molecule has 1 aromatic carbocycles. The van der Waals surface area contributed by atoms with Crippen LogP contribution in [0.5, 0.6) is 17.2 Å². The average Bonchev–Trinajstić information content (AvgIpc) is 2.60. The lowest BCUT2D eigenvalue weighted by Crippen LogP contribution is -2.48. The molecule has 1 unspecified atom stereocenters. The number of hydrogen-bond acceptors (Lipinski definition) is 5. The van der Waals surface area contributed by atoms with Gasteiger partial charge in [-0.3, -0.25) is 9.80 Å². The Bertz CT molecular complexity index is 474. The van der Waals surface area contributed by atoms with E-state index in [9.17, 15) is 0 Å². The monoisotopic (exact) mass is 322 g/mol. The Kier molecular flexibility index (Phi) is 6.54. The third kappa shape index (κ3) is 4.30. The summed E-state index contributed by atoms with van der Waals surface area (Å²) >= 11 is 0. The van der Waals surface area contributed by atoms with Gasteiger partial charge in [0.1, 0.15) is 0 Å². The third-order valence-electron chi connectivity index (χ3n) is 4.75. The van der Waals surface area contributed by atoms with Crippen LogP contribution in [0.3, 0.4) is 0 Å². The Morgan fingerprint density at radius 3 is 1.96 bits per heavy atom. The molecule has 130 valence electrons. The van der Waals surface area contributed by atoms with Crippen LogP contribution >= 0.6 is 0 Å². The Morgan fingerprint density at radius 2 is 1.52 bits per heavy atom. The van der Waals surface area contributed by atoms with Crippen molar-refractivity contribution in [2.75, 3.05) is 47.5 Å². The summed E-state index contributed by atoms with van der Waals surface area (Å²) in [6.45, 7) is 9.95. The van der Waals surface area contributed by atoms with E-state index in [1.54, 1.807) is 21.3 Å². The number of methoxy groups -OCH3 is 3. The van der Waals surface area contributed by atoms with Gasteiger partial charge in [0.25, 0.3) is 0 Å². The molecule has 0 amide bonds. The SMILES string of the molecule is CCC(C)N1CCN(Cc2cc(OC)c(OC)c(OC)c2)CC1. The Hall–Kier alpha value is -1.46. The first kappa shape index (κ1) is 17.9. The molecular weight excluding hydrogens is 292 g/mol. The summed E-state index contributed by atoms with van der Waals surface area (Å²) in [6, 6.07) is 4.77. The smallest absolute Gasteiger partial charge is 0.203 e. The molecule has 1 aliphatic heterocycles. The van der Waals surface area contributed by atoms with Crippen molar-refractivity contribution < 1.29 is 14.2 Å². The van der Waals surface area contributed by atoms with Crippen molar-refractivity contribution in [3.8, 4) is 17.2 Å². The summed E-state index contributed by atoms with van der Waals surface area (Å²) in [6.07, 6.45) is 1.22. The van der Waals surface area contributed by atoms with Crippen molar-refractivity contribution >= 4 is 0 Å². The molecule has 0 aromatic heterocycles. The molecule has 1 atom stereocenters. The zero-order chi connectivity index (χ0) is 16.8. The summed E-state index contributed by atoms with van der Waals surface area (Å²) in [5, 5.41) is 0. The van der Waals surface area contributed by atoms with Crippen LogP contribution in [0.15, 0.2) is 12.1 Å². The number of nitrogens with zero attached hydrogens (tertiary/aromatic N) is 2. The standard InChI is InChI=1S/C18H30N2O3/c1-6-14(2)20-9-7-19(8-10-20)13-15-11-16(21-3)18(23-5)17(12-15)22-4/h11-12,14H,6-10,13H2,1-5H3. The maximum atomic E-state index is 5.44. The second-order valence-corrected chi connectivity index (χ2v) is 6.10. The van der Waals surface area contributed by atoms with Crippen LogP contribution < -0.4 is 14.2 Å². The molecule has 1 saturated heterocycles. The topological polar surface area (TPSA) is 34.2 Å². The summed E-state index contributed by atoms with van der Waals surface area (Å²) in [5.41, 5.74) is 1.19. The summed E-state index contributed by atoms with van der Waals surface area (Å²) in [4.78, 5) is 5.06. The lowest BCUT2D eigenvalue weighted by Gasteiger charge is -2.37. The molecule has 1 aromatic rings. The number of benzene rings is 1. The molecule has 0 radical (unpaired) electrons. The number of ether oxygens (including phenoxy) is 3. The molecular formula is C18H30N2O3. The Labute approximate surface area is 140 Å². The van der Waals surface area contributed by atoms with Gasteiger partial charge in [0.15, 0.2) is 11.5 Å². The lowest BCUT2D eigenvalue weighted by atomic mass is 10.1. The van der Waals surface area contributed by atoms with Crippen LogP contribution in [0, 0.1) is 0 Å². The number of rotatable bonds is 7. The summed E-state index contributed by atoms with van der Waals surface area (Å²) in [5.74, 6) is 2.10. The van der Waals surface area contributed by atoms with Crippen molar-refractivity contribution in [2.24, 2.45) is 0 Å². The van der Waals surface area contributed by atoms with Gasteiger partial charge in [-0.25, -0.2) is 0 Å². The fourth-order valence-electron chi connectivity index (χ4n) is 3.11. The first-order valence-corrected chi connectivity index (χ1v) is 8.38. The van der Waals surface area contributed by atoms with Crippen LogP contribution in [0.1, 0.15) is 25.8 Å². The van der Waals surface area contributed by atoms with Crippen molar-refractivity contribution in [1.82, 2.24) is 9.80 Å². The van der Waals surface area contributed by atoms with E-state index in [-0.39, 0.29) is 0 Å². The maximum absolute atomic E-state index is 5.44. The minimum Gasteiger partial charge on any atom is -0.493 e. The zero-order valence-electron chi connectivity index (χ0n) is 15.1. The second-order valence-electron chi connectivity index (χ2n) is 6.10. The zero-order valence-corrected chi connectivity index (χ0v) is 15.1. The first-order chi connectivity index (χ1) is 11.1. The van der Waals surface area contributed by atoms with Crippen LogP contribution in [-0.2, 0) is 6.54 Å². The minimum atomic E-state index is 0.653.